The molecule has 2 aliphatic rings. The van der Waals surface area contributed by atoms with E-state index in [2.05, 4.69) is 26.3 Å². The van der Waals surface area contributed by atoms with Crippen LogP contribution in [0.15, 0.2) is 72.2 Å². The van der Waals surface area contributed by atoms with Gasteiger partial charge in [0.15, 0.2) is 0 Å². The molecule has 17 heteroatoms. The van der Waals surface area contributed by atoms with Gasteiger partial charge >= 0.3 is 0 Å². The number of hydrogen-bond donors (Lipinski definition) is 5. The maximum atomic E-state index is 14.0. The molecular weight excluding hydrogens is 894 g/mol. The van der Waals surface area contributed by atoms with Crippen molar-refractivity contribution in [2.75, 3.05) is 19.7 Å². The van der Waals surface area contributed by atoms with Crippen LogP contribution in [0.2, 0.25) is 5.02 Å². The van der Waals surface area contributed by atoms with E-state index in [1.807, 2.05) is 65.0 Å². The van der Waals surface area contributed by atoms with E-state index >= 15 is 0 Å². The number of carbonyl (C=O) groups excluding carboxylic acids is 5. The number of aryl methyl sites for hydroxylation is 1. The first-order valence-corrected chi connectivity index (χ1v) is 23.6. The Balaban J connectivity index is 0.914. The highest BCUT2D eigenvalue weighted by Gasteiger charge is 2.64. The Kier molecular flexibility index (Phi) is 15.7. The fourth-order valence-electron chi connectivity index (χ4n) is 9.20. The number of nitrogens with zero attached hydrogens (tertiary/aromatic N) is 3. The smallest absolute Gasteiger partial charge is 0.251 e. The van der Waals surface area contributed by atoms with Gasteiger partial charge in [-0.2, -0.15) is 5.26 Å². The molecule has 1 saturated heterocycles. The van der Waals surface area contributed by atoms with Crippen molar-refractivity contribution >= 4 is 52.5 Å². The molecule has 67 heavy (non-hydrogen) atoms. The predicted octanol–water partition coefficient (Wildman–Crippen LogP) is 6.34. The number of rotatable bonds is 17. The summed E-state index contributed by atoms with van der Waals surface area (Å²) >= 11 is 7.78. The van der Waals surface area contributed by atoms with Crippen LogP contribution in [-0.4, -0.2) is 94.6 Å². The number of aliphatic hydroxyl groups is 1. The van der Waals surface area contributed by atoms with Crippen LogP contribution < -0.4 is 30.7 Å². The molecule has 1 aliphatic heterocycles. The summed E-state index contributed by atoms with van der Waals surface area (Å²) in [7, 11) is 0. The molecule has 1 aromatic heterocycles. The lowest BCUT2D eigenvalue weighted by atomic mass is 9.49. The minimum atomic E-state index is -1.04. The number of amides is 5. The molecule has 1 aliphatic carbocycles. The largest absolute Gasteiger partial charge is 0.494 e. The highest BCUT2D eigenvalue weighted by atomic mass is 35.5. The number of aliphatic hydroxyl groups excluding tert-OH is 1. The maximum absolute atomic E-state index is 14.0. The van der Waals surface area contributed by atoms with E-state index in [1.54, 1.807) is 80.1 Å². The molecule has 3 aromatic carbocycles. The molecule has 2 heterocycles. The van der Waals surface area contributed by atoms with E-state index in [1.165, 1.54) is 4.90 Å². The number of carbonyl (C=O) groups is 5. The van der Waals surface area contributed by atoms with Crippen LogP contribution in [0.3, 0.4) is 0 Å². The molecule has 0 unspecified atom stereocenters. The molecule has 0 bridgehead atoms. The van der Waals surface area contributed by atoms with Gasteiger partial charge in [0.25, 0.3) is 5.91 Å². The topological polar surface area (TPSA) is 212 Å². The van der Waals surface area contributed by atoms with E-state index < -0.39 is 52.2 Å². The molecular formula is C50H60ClN7O8S. The van der Waals surface area contributed by atoms with Crippen molar-refractivity contribution in [1.82, 2.24) is 31.2 Å². The minimum Gasteiger partial charge on any atom is -0.494 e. The second-order valence-electron chi connectivity index (χ2n) is 19.5. The zero-order chi connectivity index (χ0) is 48.8. The maximum Gasteiger partial charge on any atom is 0.251 e. The molecule has 5 N–H and O–H groups in total. The third-order valence-corrected chi connectivity index (χ3v) is 13.8. The van der Waals surface area contributed by atoms with E-state index in [0.29, 0.717) is 34.1 Å². The SMILES string of the molecule is Cc1ncsc1-c1ccc(CNC(=O)[C@@H]2C[C@@H](O)CN2C(=O)[C@@H](NC(=O)CNC(=O)CCCOc2ccc(C(=O)N[C@H]3C(C)(C)[C@H](Oc4ccc(C#N)c(Cl)c4)C3(C)C)cc2)C(C)(C)C)cc1. The first kappa shape index (κ1) is 50.4. The average Bonchev–Trinajstić information content (AvgIpc) is 3.91. The van der Waals surface area contributed by atoms with E-state index in [-0.39, 0.29) is 63.0 Å². The van der Waals surface area contributed by atoms with E-state index in [4.69, 9.17) is 21.1 Å². The van der Waals surface area contributed by atoms with Crippen molar-refractivity contribution in [2.45, 2.75) is 112 Å². The molecule has 5 amide bonds. The van der Waals surface area contributed by atoms with Gasteiger partial charge in [-0.15, -0.1) is 11.3 Å². The lowest BCUT2D eigenvalue weighted by Gasteiger charge is -2.63. The van der Waals surface area contributed by atoms with Crippen LogP contribution in [0, 0.1) is 34.5 Å². The summed E-state index contributed by atoms with van der Waals surface area (Å²) in [5, 5.41) is 31.5. The van der Waals surface area contributed by atoms with E-state index in [9.17, 15) is 34.3 Å². The summed E-state index contributed by atoms with van der Waals surface area (Å²) < 4.78 is 12.2. The summed E-state index contributed by atoms with van der Waals surface area (Å²) in [6.07, 6.45) is -0.672. The zero-order valence-corrected chi connectivity index (χ0v) is 40.8. The quantitative estimate of drug-likeness (QED) is 0.0742. The van der Waals surface area contributed by atoms with Gasteiger partial charge in [0.2, 0.25) is 23.6 Å². The third-order valence-electron chi connectivity index (χ3n) is 12.5. The molecule has 3 atom stereocenters. The fraction of sp³-hybridized carbons (Fsp3) is 0.460. The van der Waals surface area contributed by atoms with Crippen molar-refractivity contribution in [3.05, 3.63) is 99.6 Å². The zero-order valence-electron chi connectivity index (χ0n) is 39.2. The van der Waals surface area contributed by atoms with Gasteiger partial charge in [-0.25, -0.2) is 4.98 Å². The van der Waals surface area contributed by atoms with Crippen LogP contribution in [0.1, 0.15) is 94.9 Å². The predicted molar refractivity (Wildman–Crippen MR) is 255 cm³/mol. The lowest BCUT2D eigenvalue weighted by Crippen LogP contribution is -2.74. The monoisotopic (exact) mass is 953 g/mol. The number of thiazole rings is 1. The summed E-state index contributed by atoms with van der Waals surface area (Å²) in [4.78, 5) is 73.3. The van der Waals surface area contributed by atoms with Crippen molar-refractivity contribution in [2.24, 2.45) is 16.2 Å². The molecule has 0 spiro atoms. The number of ether oxygens (including phenoxy) is 2. The Bertz CT molecular complexity index is 2480. The molecule has 356 valence electrons. The number of nitriles is 1. The molecule has 4 aromatic rings. The van der Waals surface area contributed by atoms with Gasteiger partial charge in [0, 0.05) is 54.4 Å². The van der Waals surface area contributed by atoms with Crippen molar-refractivity contribution in [1.29, 1.82) is 5.26 Å². The molecule has 0 radical (unpaired) electrons. The first-order valence-electron chi connectivity index (χ1n) is 22.3. The highest BCUT2D eigenvalue weighted by Crippen LogP contribution is 2.55. The molecule has 6 rings (SSSR count). The number of hydrogen-bond acceptors (Lipinski definition) is 11. The van der Waals surface area contributed by atoms with Crippen LogP contribution in [0.25, 0.3) is 10.4 Å². The number of benzene rings is 3. The van der Waals surface area contributed by atoms with Crippen molar-refractivity contribution < 1.29 is 38.6 Å². The highest BCUT2D eigenvalue weighted by molar-refractivity contribution is 7.13. The van der Waals surface area contributed by atoms with Gasteiger partial charge in [-0.05, 0) is 66.3 Å². The summed E-state index contributed by atoms with van der Waals surface area (Å²) in [5.41, 5.74) is 3.86. The number of β-amino-alcohol motifs (C(OH)–C–C–N with tert-alkyl or cyclic N) is 1. The average molecular weight is 955 g/mol. The Morgan fingerprint density at radius 3 is 2.25 bits per heavy atom. The Labute approximate surface area is 401 Å². The van der Waals surface area contributed by atoms with Crippen LogP contribution in [-0.2, 0) is 25.7 Å². The Morgan fingerprint density at radius 2 is 1.64 bits per heavy atom. The molecule has 15 nitrogen and oxygen atoms in total. The summed E-state index contributed by atoms with van der Waals surface area (Å²) in [6.45, 7) is 15.5. The van der Waals surface area contributed by atoms with Crippen molar-refractivity contribution in [3.63, 3.8) is 0 Å². The van der Waals surface area contributed by atoms with Crippen LogP contribution in [0.5, 0.6) is 11.5 Å². The minimum absolute atomic E-state index is 0.0597. The number of halogens is 1. The van der Waals surface area contributed by atoms with Gasteiger partial charge in [0.1, 0.15) is 35.8 Å². The second-order valence-corrected chi connectivity index (χ2v) is 20.8. The van der Waals surface area contributed by atoms with Crippen molar-refractivity contribution in [3.8, 4) is 28.0 Å². The third kappa shape index (κ3) is 11.9. The summed E-state index contributed by atoms with van der Waals surface area (Å²) in [6, 6.07) is 19.3. The fourth-order valence-corrected chi connectivity index (χ4v) is 10.2. The summed E-state index contributed by atoms with van der Waals surface area (Å²) in [5.74, 6) is -1.04. The van der Waals surface area contributed by atoms with Gasteiger partial charge in [0.05, 0.1) is 45.9 Å². The molecule has 2 fully saturated rings. The number of nitrogens with one attached hydrogen (secondary N) is 4. The lowest BCUT2D eigenvalue weighted by molar-refractivity contribution is -0.164. The van der Waals surface area contributed by atoms with Gasteiger partial charge in [-0.1, -0.05) is 84.3 Å². The Hall–Kier alpha value is -6.02. The van der Waals surface area contributed by atoms with Gasteiger partial charge < -0.3 is 40.7 Å². The normalized spacial score (nSPS) is 19.8. The van der Waals surface area contributed by atoms with Crippen LogP contribution in [0.4, 0.5) is 0 Å². The standard InChI is InChI=1S/C50H60ClN7O8S/c1-29-41(67-28-55-29)31-13-11-30(12-14-31)25-54-44(63)38-22-34(59)27-58(38)45(64)42(48(2,3)4)56-40(61)26-53-39(60)10-9-21-65-35-18-15-32(16-19-35)43(62)57-46-49(5,6)47(50(46,7)8)66-36-20-17-33(24-52)37(51)23-36/h11-20,23,28,34,38,42,46-47,59H,9-10,21-22,25-27H2,1-8H3,(H,53,60)(H,54,63)(H,56,61)(H,57,62)/t34-,38+,42-,46-,47-/m1/s1. The first-order chi connectivity index (χ1) is 31.6. The second kappa shape index (κ2) is 20.9. The van der Waals surface area contributed by atoms with Gasteiger partial charge in [-0.3, -0.25) is 24.0 Å². The number of likely N-dealkylation sites (tertiary alicyclic amines) is 1. The van der Waals surface area contributed by atoms with Crippen LogP contribution >= 0.6 is 22.9 Å². The Morgan fingerprint density at radius 1 is 0.970 bits per heavy atom. The number of aromatic nitrogens is 1. The van der Waals surface area contributed by atoms with E-state index in [0.717, 1.165) is 21.7 Å². The molecule has 1 saturated carbocycles.